The van der Waals surface area contributed by atoms with Gasteiger partial charge in [0.1, 0.15) is 0 Å². The van der Waals surface area contributed by atoms with Gasteiger partial charge < -0.3 is 15.0 Å². The van der Waals surface area contributed by atoms with E-state index in [1.54, 1.807) is 25.6 Å². The number of rotatable bonds is 7. The molecule has 0 aliphatic carbocycles. The zero-order valence-corrected chi connectivity index (χ0v) is 11.6. The Kier molecular flexibility index (Phi) is 5.32. The molecule has 0 spiro atoms. The molecule has 5 nitrogen and oxygen atoms in total. The summed E-state index contributed by atoms with van der Waals surface area (Å²) < 4.78 is 5.08. The topological polar surface area (TPSA) is 67.0 Å². The van der Waals surface area contributed by atoms with Crippen LogP contribution in [0.5, 0.6) is 5.88 Å². The summed E-state index contributed by atoms with van der Waals surface area (Å²) in [5, 5.41) is 3.37. The van der Waals surface area contributed by atoms with Crippen LogP contribution in [0.15, 0.2) is 41.5 Å². The standard InChI is InChI=1S/C15H19N3O2/c1-20-15-10-13(5-8-18-15)11-16-6-2-3-12-4-7-17-14(19)9-12/h4-5,7-10,16H,2-3,6,11H2,1H3,(H,17,19). The summed E-state index contributed by atoms with van der Waals surface area (Å²) in [6.45, 7) is 1.69. The number of hydrogen-bond donors (Lipinski definition) is 2. The molecule has 0 saturated carbocycles. The van der Waals surface area contributed by atoms with Crippen molar-refractivity contribution in [2.45, 2.75) is 19.4 Å². The summed E-state index contributed by atoms with van der Waals surface area (Å²) >= 11 is 0. The first-order valence-corrected chi connectivity index (χ1v) is 6.65. The monoisotopic (exact) mass is 273 g/mol. The molecule has 2 aromatic rings. The lowest BCUT2D eigenvalue weighted by Crippen LogP contribution is -2.15. The fourth-order valence-electron chi connectivity index (χ4n) is 1.97. The van der Waals surface area contributed by atoms with Gasteiger partial charge in [-0.2, -0.15) is 0 Å². The Morgan fingerprint density at radius 1 is 1.30 bits per heavy atom. The molecule has 0 aliphatic heterocycles. The van der Waals surface area contributed by atoms with E-state index in [1.807, 2.05) is 18.2 Å². The molecule has 2 heterocycles. The summed E-state index contributed by atoms with van der Waals surface area (Å²) in [7, 11) is 1.61. The third kappa shape index (κ3) is 4.51. The zero-order valence-electron chi connectivity index (χ0n) is 11.6. The van der Waals surface area contributed by atoms with Gasteiger partial charge in [0.2, 0.25) is 11.4 Å². The number of pyridine rings is 2. The predicted octanol–water partition coefficient (Wildman–Crippen LogP) is 1.50. The SMILES string of the molecule is COc1cc(CNCCCc2cc[nH]c(=O)c2)ccn1. The van der Waals surface area contributed by atoms with Crippen molar-refractivity contribution in [2.24, 2.45) is 0 Å². The molecular weight excluding hydrogens is 254 g/mol. The minimum Gasteiger partial charge on any atom is -0.481 e. The highest BCUT2D eigenvalue weighted by molar-refractivity contribution is 5.20. The highest BCUT2D eigenvalue weighted by atomic mass is 16.5. The van der Waals surface area contributed by atoms with Gasteiger partial charge in [-0.15, -0.1) is 0 Å². The average molecular weight is 273 g/mol. The first-order valence-electron chi connectivity index (χ1n) is 6.65. The average Bonchev–Trinajstić information content (AvgIpc) is 2.47. The summed E-state index contributed by atoms with van der Waals surface area (Å²) in [5.74, 6) is 0.632. The lowest BCUT2D eigenvalue weighted by Gasteiger charge is -2.06. The van der Waals surface area contributed by atoms with E-state index >= 15 is 0 Å². The highest BCUT2D eigenvalue weighted by Crippen LogP contribution is 2.08. The minimum absolute atomic E-state index is 0.0423. The third-order valence-electron chi connectivity index (χ3n) is 3.00. The molecule has 20 heavy (non-hydrogen) atoms. The maximum atomic E-state index is 11.1. The summed E-state index contributed by atoms with van der Waals surface area (Å²) in [5.41, 5.74) is 2.17. The normalized spacial score (nSPS) is 10.4. The number of nitrogens with zero attached hydrogens (tertiary/aromatic N) is 1. The van der Waals surface area contributed by atoms with Crippen molar-refractivity contribution in [1.82, 2.24) is 15.3 Å². The van der Waals surface area contributed by atoms with Gasteiger partial charge in [0.15, 0.2) is 0 Å². The van der Waals surface area contributed by atoms with E-state index in [-0.39, 0.29) is 5.56 Å². The highest BCUT2D eigenvalue weighted by Gasteiger charge is 1.97. The maximum absolute atomic E-state index is 11.1. The largest absolute Gasteiger partial charge is 0.481 e. The van der Waals surface area contributed by atoms with E-state index in [0.717, 1.165) is 37.1 Å². The number of ether oxygens (including phenoxy) is 1. The van der Waals surface area contributed by atoms with Crippen LogP contribution in [0.2, 0.25) is 0 Å². The quantitative estimate of drug-likeness (QED) is 0.750. The van der Waals surface area contributed by atoms with Crippen LogP contribution in [-0.2, 0) is 13.0 Å². The van der Waals surface area contributed by atoms with Gasteiger partial charge in [0.25, 0.3) is 0 Å². The Morgan fingerprint density at radius 3 is 3.00 bits per heavy atom. The molecule has 0 bridgehead atoms. The molecule has 106 valence electrons. The molecule has 0 saturated heterocycles. The van der Waals surface area contributed by atoms with Gasteiger partial charge in [0, 0.05) is 31.1 Å². The fraction of sp³-hybridized carbons (Fsp3) is 0.333. The molecule has 2 rings (SSSR count). The Hall–Kier alpha value is -2.14. The van der Waals surface area contributed by atoms with Crippen LogP contribution >= 0.6 is 0 Å². The molecular formula is C15H19N3O2. The van der Waals surface area contributed by atoms with E-state index in [0.29, 0.717) is 5.88 Å². The second-order valence-corrected chi connectivity index (χ2v) is 4.55. The molecule has 5 heteroatoms. The van der Waals surface area contributed by atoms with E-state index in [9.17, 15) is 4.79 Å². The molecule has 0 radical (unpaired) electrons. The van der Waals surface area contributed by atoms with Gasteiger partial charge >= 0.3 is 0 Å². The van der Waals surface area contributed by atoms with Crippen LogP contribution in [0.4, 0.5) is 0 Å². The van der Waals surface area contributed by atoms with E-state index in [1.165, 1.54) is 0 Å². The van der Waals surface area contributed by atoms with Gasteiger partial charge in [0.05, 0.1) is 7.11 Å². The van der Waals surface area contributed by atoms with E-state index < -0.39 is 0 Å². The molecule has 0 aromatic carbocycles. The number of hydrogen-bond acceptors (Lipinski definition) is 4. The summed E-state index contributed by atoms with van der Waals surface area (Å²) in [4.78, 5) is 17.8. The second kappa shape index (κ2) is 7.45. The number of H-pyrrole nitrogens is 1. The van der Waals surface area contributed by atoms with Crippen LogP contribution < -0.4 is 15.6 Å². The molecule has 2 aromatic heterocycles. The van der Waals surface area contributed by atoms with Crippen molar-refractivity contribution in [3.63, 3.8) is 0 Å². The fourth-order valence-corrected chi connectivity index (χ4v) is 1.97. The van der Waals surface area contributed by atoms with Crippen molar-refractivity contribution in [2.75, 3.05) is 13.7 Å². The molecule has 0 atom stereocenters. The smallest absolute Gasteiger partial charge is 0.248 e. The van der Waals surface area contributed by atoms with Gasteiger partial charge in [-0.25, -0.2) is 4.98 Å². The number of methoxy groups -OCH3 is 1. The van der Waals surface area contributed by atoms with Crippen LogP contribution in [0.3, 0.4) is 0 Å². The molecule has 0 fully saturated rings. The Labute approximate surface area is 118 Å². The van der Waals surface area contributed by atoms with Gasteiger partial charge in [-0.05, 0) is 42.6 Å². The van der Waals surface area contributed by atoms with Crippen LogP contribution in [0, 0.1) is 0 Å². The van der Waals surface area contributed by atoms with Gasteiger partial charge in [-0.1, -0.05) is 0 Å². The number of aromatic nitrogens is 2. The maximum Gasteiger partial charge on any atom is 0.248 e. The lowest BCUT2D eigenvalue weighted by molar-refractivity contribution is 0.397. The van der Waals surface area contributed by atoms with Crippen molar-refractivity contribution < 1.29 is 4.74 Å². The molecule has 0 amide bonds. The second-order valence-electron chi connectivity index (χ2n) is 4.55. The lowest BCUT2D eigenvalue weighted by atomic mass is 10.1. The summed E-state index contributed by atoms with van der Waals surface area (Å²) in [6, 6.07) is 7.47. The van der Waals surface area contributed by atoms with Crippen LogP contribution in [0.1, 0.15) is 17.5 Å². The Morgan fingerprint density at radius 2 is 2.20 bits per heavy atom. The zero-order chi connectivity index (χ0) is 14.2. The third-order valence-corrected chi connectivity index (χ3v) is 3.00. The molecule has 0 unspecified atom stereocenters. The predicted molar refractivity (Wildman–Crippen MR) is 77.9 cm³/mol. The molecule has 2 N–H and O–H groups in total. The Balaban J connectivity index is 1.70. The number of aryl methyl sites for hydroxylation is 1. The number of nitrogens with one attached hydrogen (secondary N) is 2. The Bertz CT molecular complexity index is 595. The van der Waals surface area contributed by atoms with E-state index in [4.69, 9.17) is 4.74 Å². The van der Waals surface area contributed by atoms with Crippen molar-refractivity contribution in [3.05, 3.63) is 58.1 Å². The minimum atomic E-state index is -0.0423. The van der Waals surface area contributed by atoms with Crippen LogP contribution in [0.25, 0.3) is 0 Å². The first-order chi connectivity index (χ1) is 9.78. The first kappa shape index (κ1) is 14.3. The van der Waals surface area contributed by atoms with Gasteiger partial charge in [-0.3, -0.25) is 4.79 Å². The van der Waals surface area contributed by atoms with Crippen molar-refractivity contribution >= 4 is 0 Å². The van der Waals surface area contributed by atoms with Crippen LogP contribution in [-0.4, -0.2) is 23.6 Å². The van der Waals surface area contributed by atoms with Crippen molar-refractivity contribution in [3.8, 4) is 5.88 Å². The molecule has 0 aliphatic rings. The van der Waals surface area contributed by atoms with Crippen molar-refractivity contribution in [1.29, 1.82) is 0 Å². The summed E-state index contributed by atoms with van der Waals surface area (Å²) in [6.07, 6.45) is 5.32. The number of aromatic amines is 1. The van der Waals surface area contributed by atoms with E-state index in [2.05, 4.69) is 15.3 Å².